The predicted molar refractivity (Wildman–Crippen MR) is 156 cm³/mol. The molecule has 2 saturated carbocycles. The molecule has 234 valence electrons. The molecule has 1 aromatic carbocycles. The molecule has 4 rings (SSSR count). The lowest BCUT2D eigenvalue weighted by Crippen LogP contribution is -2.43. The average Bonchev–Trinajstić information content (AvgIpc) is 3.18. The topological polar surface area (TPSA) is 165 Å². The van der Waals surface area contributed by atoms with Crippen molar-refractivity contribution in [3.05, 3.63) is 41.0 Å². The SMILES string of the molecule is C[C@@H]1Cc2cc(O)ccc2[C@H]2CC[C@]3(C)/C(=C/COCCN(C)C)CC[C@H]3[C@H]12.O=C(O)CC(O)(CC(=O)O)CC(=O)O. The van der Waals surface area contributed by atoms with E-state index in [4.69, 9.17) is 20.1 Å². The molecule has 0 radical (unpaired) electrons. The fourth-order valence-electron chi connectivity index (χ4n) is 7.67. The first kappa shape index (κ1) is 33.6. The molecule has 10 heteroatoms. The minimum Gasteiger partial charge on any atom is -0.508 e. The van der Waals surface area contributed by atoms with Gasteiger partial charge in [-0.1, -0.05) is 31.6 Å². The smallest absolute Gasteiger partial charge is 0.306 e. The van der Waals surface area contributed by atoms with E-state index in [0.29, 0.717) is 23.0 Å². The maximum atomic E-state index is 10.2. The van der Waals surface area contributed by atoms with Crippen LogP contribution in [0.3, 0.4) is 0 Å². The number of carboxylic acids is 3. The molecule has 5 atom stereocenters. The van der Waals surface area contributed by atoms with Crippen LogP contribution in [0.1, 0.15) is 75.8 Å². The first-order valence-corrected chi connectivity index (χ1v) is 14.8. The zero-order valence-electron chi connectivity index (χ0n) is 25.2. The normalized spacial score (nSPS) is 27.4. The molecule has 3 aliphatic rings. The van der Waals surface area contributed by atoms with Crippen molar-refractivity contribution in [2.24, 2.45) is 23.2 Å². The molecule has 0 unspecified atom stereocenters. The highest BCUT2D eigenvalue weighted by molar-refractivity contribution is 5.76. The van der Waals surface area contributed by atoms with E-state index in [1.165, 1.54) is 36.8 Å². The van der Waals surface area contributed by atoms with Gasteiger partial charge in [0, 0.05) is 6.54 Å². The number of aliphatic hydroxyl groups is 1. The number of aromatic hydroxyl groups is 1. The highest BCUT2D eigenvalue weighted by Gasteiger charge is 2.54. The summed E-state index contributed by atoms with van der Waals surface area (Å²) < 4.78 is 5.87. The number of ether oxygens (including phenoxy) is 1. The number of likely N-dealkylation sites (N-methyl/N-ethyl adjacent to an activating group) is 1. The number of hydrogen-bond donors (Lipinski definition) is 5. The number of allylic oxidation sites excluding steroid dienone is 1. The number of aliphatic carboxylic acids is 3. The molecule has 5 N–H and O–H groups in total. The summed E-state index contributed by atoms with van der Waals surface area (Å²) >= 11 is 0. The van der Waals surface area contributed by atoms with Crippen LogP contribution in [0.4, 0.5) is 0 Å². The van der Waals surface area contributed by atoms with Crippen LogP contribution < -0.4 is 0 Å². The van der Waals surface area contributed by atoms with E-state index in [-0.39, 0.29) is 0 Å². The number of fused-ring (bicyclic) bond motifs is 5. The lowest BCUT2D eigenvalue weighted by Gasteiger charge is -2.52. The number of carbonyl (C=O) groups is 3. The Hall–Kier alpha value is -2.95. The van der Waals surface area contributed by atoms with Gasteiger partial charge in [-0.2, -0.15) is 0 Å². The molecule has 42 heavy (non-hydrogen) atoms. The van der Waals surface area contributed by atoms with E-state index in [1.807, 2.05) is 12.1 Å². The number of carboxylic acid groups (broad SMARTS) is 3. The fraction of sp³-hybridized carbons (Fsp3) is 0.656. The number of rotatable bonds is 11. The lowest BCUT2D eigenvalue weighted by molar-refractivity contribution is -0.153. The molecule has 10 nitrogen and oxygen atoms in total. The second-order valence-electron chi connectivity index (χ2n) is 12.9. The van der Waals surface area contributed by atoms with Gasteiger partial charge in [-0.25, -0.2) is 0 Å². The van der Waals surface area contributed by atoms with Gasteiger partial charge >= 0.3 is 17.9 Å². The van der Waals surface area contributed by atoms with Gasteiger partial charge in [0.25, 0.3) is 0 Å². The van der Waals surface area contributed by atoms with Gasteiger partial charge in [-0.3, -0.25) is 14.4 Å². The second-order valence-corrected chi connectivity index (χ2v) is 12.9. The highest BCUT2D eigenvalue weighted by atomic mass is 16.5. The molecule has 0 heterocycles. The van der Waals surface area contributed by atoms with E-state index in [0.717, 1.165) is 38.0 Å². The molecule has 0 aromatic heterocycles. The minimum atomic E-state index is -2.23. The van der Waals surface area contributed by atoms with Crippen LogP contribution in [0.2, 0.25) is 0 Å². The van der Waals surface area contributed by atoms with Gasteiger partial charge in [0.2, 0.25) is 0 Å². The largest absolute Gasteiger partial charge is 0.508 e. The van der Waals surface area contributed by atoms with E-state index in [1.54, 1.807) is 5.57 Å². The minimum absolute atomic E-state index is 0.356. The van der Waals surface area contributed by atoms with Gasteiger partial charge in [0.05, 0.1) is 38.1 Å². The van der Waals surface area contributed by atoms with Crippen molar-refractivity contribution in [3.8, 4) is 5.75 Å². The zero-order valence-corrected chi connectivity index (χ0v) is 25.2. The molecule has 2 fully saturated rings. The van der Waals surface area contributed by atoms with Gasteiger partial charge in [-0.15, -0.1) is 0 Å². The third-order valence-corrected chi connectivity index (χ3v) is 9.48. The standard InChI is InChI=1S/C25H37NO2.C7H10O7/c1-17-15-18-16-20(27)6-7-21(18)22-9-11-25(2)19(5-8-23(25)24(17)22)10-13-28-14-12-26(3)4;8-4(9)1-7(14,2-5(10)11)3-6(12)13/h6-7,10,16-17,22-24,27H,5,8-9,11-15H2,1-4H3;14H,1-3H2,(H,8,9)(H,10,11)(H,12,13)/b19-10+;/t17-,22-,23+,24-,25-;/m1./s1. The van der Waals surface area contributed by atoms with Gasteiger partial charge < -0.3 is 35.2 Å². The predicted octanol–water partition coefficient (Wildman–Crippen LogP) is 4.14. The maximum Gasteiger partial charge on any atom is 0.306 e. The van der Waals surface area contributed by atoms with Gasteiger partial charge in [0.15, 0.2) is 0 Å². The van der Waals surface area contributed by atoms with Crippen LogP contribution in [-0.4, -0.2) is 87.8 Å². The van der Waals surface area contributed by atoms with Gasteiger partial charge in [0.1, 0.15) is 5.75 Å². The summed E-state index contributed by atoms with van der Waals surface area (Å²) in [5.74, 6) is -0.995. The highest BCUT2D eigenvalue weighted by Crippen LogP contribution is 2.63. The van der Waals surface area contributed by atoms with Crippen molar-refractivity contribution < 1.29 is 44.7 Å². The van der Waals surface area contributed by atoms with Gasteiger partial charge in [-0.05, 0) is 98.5 Å². The molecule has 1 aromatic rings. The summed E-state index contributed by atoms with van der Waals surface area (Å²) in [6.45, 7) is 7.53. The van der Waals surface area contributed by atoms with Crippen LogP contribution in [0.25, 0.3) is 0 Å². The van der Waals surface area contributed by atoms with Crippen LogP contribution in [0.5, 0.6) is 5.75 Å². The van der Waals surface area contributed by atoms with Crippen molar-refractivity contribution >= 4 is 17.9 Å². The number of benzene rings is 1. The zero-order chi connectivity index (χ0) is 31.2. The molecule has 0 saturated heterocycles. The Morgan fingerprint density at radius 1 is 1.07 bits per heavy atom. The Balaban J connectivity index is 0.000000295. The maximum absolute atomic E-state index is 10.2. The number of hydrogen-bond acceptors (Lipinski definition) is 7. The van der Waals surface area contributed by atoms with E-state index in [9.17, 15) is 24.6 Å². The Morgan fingerprint density at radius 2 is 1.69 bits per heavy atom. The van der Waals surface area contributed by atoms with Crippen molar-refractivity contribution in [1.29, 1.82) is 0 Å². The Kier molecular flexibility index (Phi) is 11.2. The van der Waals surface area contributed by atoms with Crippen molar-refractivity contribution in [2.45, 2.75) is 76.7 Å². The summed E-state index contributed by atoms with van der Waals surface area (Å²) in [5, 5.41) is 44.3. The number of phenols is 1. The van der Waals surface area contributed by atoms with Crippen molar-refractivity contribution in [3.63, 3.8) is 0 Å². The Morgan fingerprint density at radius 3 is 2.26 bits per heavy atom. The first-order chi connectivity index (χ1) is 19.6. The van der Waals surface area contributed by atoms with E-state index in [2.05, 4.69) is 45.0 Å². The Labute approximate surface area is 248 Å². The Bertz CT molecular complexity index is 1120. The monoisotopic (exact) mass is 589 g/mol. The van der Waals surface area contributed by atoms with Crippen LogP contribution >= 0.6 is 0 Å². The summed E-state index contributed by atoms with van der Waals surface area (Å²) in [4.78, 5) is 32.9. The van der Waals surface area contributed by atoms with Crippen LogP contribution in [0, 0.1) is 23.2 Å². The molecular weight excluding hydrogens is 542 g/mol. The average molecular weight is 590 g/mol. The molecule has 0 spiro atoms. The quantitative estimate of drug-likeness (QED) is 0.187. The van der Waals surface area contributed by atoms with E-state index < -0.39 is 42.8 Å². The number of phenolic OH excluding ortho intramolecular Hbond substituents is 1. The summed E-state index contributed by atoms with van der Waals surface area (Å²) in [5.41, 5.74) is 2.69. The van der Waals surface area contributed by atoms with E-state index >= 15 is 0 Å². The summed E-state index contributed by atoms with van der Waals surface area (Å²) in [7, 11) is 4.18. The molecule has 3 aliphatic carbocycles. The molecule has 0 bridgehead atoms. The molecule has 0 aliphatic heterocycles. The third-order valence-electron chi connectivity index (χ3n) is 9.48. The van der Waals surface area contributed by atoms with Crippen molar-refractivity contribution in [2.75, 3.05) is 33.9 Å². The van der Waals surface area contributed by atoms with Crippen LogP contribution in [0.15, 0.2) is 29.8 Å². The fourth-order valence-corrected chi connectivity index (χ4v) is 7.67. The molecular formula is C32H47NO9. The molecule has 0 amide bonds. The summed E-state index contributed by atoms with van der Waals surface area (Å²) in [6, 6.07) is 6.12. The summed E-state index contributed by atoms with van der Waals surface area (Å²) in [6.07, 6.45) is 5.94. The second kappa shape index (κ2) is 14.0. The first-order valence-electron chi connectivity index (χ1n) is 14.8. The lowest BCUT2D eigenvalue weighted by atomic mass is 9.52. The third kappa shape index (κ3) is 8.33. The number of nitrogens with zero attached hydrogens (tertiary/aromatic N) is 1. The van der Waals surface area contributed by atoms with Crippen molar-refractivity contribution in [1.82, 2.24) is 4.90 Å². The van der Waals surface area contributed by atoms with Crippen LogP contribution in [-0.2, 0) is 25.5 Å².